The van der Waals surface area contributed by atoms with Gasteiger partial charge in [0.05, 0.1) is 0 Å². The first-order valence-corrected chi connectivity index (χ1v) is 4.51. The predicted molar refractivity (Wildman–Crippen MR) is 52.7 cm³/mol. The van der Waals surface area contributed by atoms with Gasteiger partial charge in [0.15, 0.2) is 0 Å². The van der Waals surface area contributed by atoms with Gasteiger partial charge >= 0.3 is 0 Å². The van der Waals surface area contributed by atoms with E-state index in [9.17, 15) is 0 Å². The second kappa shape index (κ2) is 4.99. The molecule has 66 valence electrons. The molecule has 1 aromatic heterocycles. The Hall–Kier alpha value is -0.760. The lowest BCUT2D eigenvalue weighted by Crippen LogP contribution is -2.06. The summed E-state index contributed by atoms with van der Waals surface area (Å²) in [6.45, 7) is 2.86. The van der Waals surface area contributed by atoms with E-state index in [1.807, 2.05) is 25.1 Å². The highest BCUT2D eigenvalue weighted by Crippen LogP contribution is 2.03. The standard InChI is InChI=1S/C9H13ClN2/c1-8(10)5-7-12-9-4-2-3-6-11-9/h2-4,6,8H,5,7H2,1H3,(H,11,12). The van der Waals surface area contributed by atoms with E-state index in [0.717, 1.165) is 18.8 Å². The van der Waals surface area contributed by atoms with E-state index in [1.54, 1.807) is 6.20 Å². The van der Waals surface area contributed by atoms with Gasteiger partial charge in [-0.1, -0.05) is 6.07 Å². The Morgan fingerprint density at radius 2 is 2.42 bits per heavy atom. The minimum absolute atomic E-state index is 0.223. The average Bonchev–Trinajstić information content (AvgIpc) is 2.05. The number of aromatic nitrogens is 1. The van der Waals surface area contributed by atoms with E-state index in [4.69, 9.17) is 11.6 Å². The van der Waals surface area contributed by atoms with Crippen LogP contribution in [0.25, 0.3) is 0 Å². The molecule has 1 unspecified atom stereocenters. The maximum atomic E-state index is 5.78. The third-order valence-electron chi connectivity index (χ3n) is 1.51. The maximum Gasteiger partial charge on any atom is 0.125 e. The summed E-state index contributed by atoms with van der Waals surface area (Å²) in [7, 11) is 0. The summed E-state index contributed by atoms with van der Waals surface area (Å²) >= 11 is 5.78. The fourth-order valence-electron chi connectivity index (χ4n) is 0.866. The van der Waals surface area contributed by atoms with Crippen molar-refractivity contribution < 1.29 is 0 Å². The van der Waals surface area contributed by atoms with Crippen LogP contribution in [0.4, 0.5) is 5.82 Å². The first-order valence-electron chi connectivity index (χ1n) is 4.08. The highest BCUT2D eigenvalue weighted by atomic mass is 35.5. The Morgan fingerprint density at radius 1 is 1.58 bits per heavy atom. The molecule has 0 aromatic carbocycles. The zero-order valence-electron chi connectivity index (χ0n) is 7.13. The minimum Gasteiger partial charge on any atom is -0.370 e. The van der Waals surface area contributed by atoms with Crippen LogP contribution < -0.4 is 5.32 Å². The number of hydrogen-bond donors (Lipinski definition) is 1. The largest absolute Gasteiger partial charge is 0.370 e. The van der Waals surface area contributed by atoms with Crippen molar-refractivity contribution >= 4 is 17.4 Å². The van der Waals surface area contributed by atoms with Crippen LogP contribution in [-0.4, -0.2) is 16.9 Å². The molecular weight excluding hydrogens is 172 g/mol. The van der Waals surface area contributed by atoms with Crippen LogP contribution in [-0.2, 0) is 0 Å². The van der Waals surface area contributed by atoms with Crippen LogP contribution in [0.5, 0.6) is 0 Å². The summed E-state index contributed by atoms with van der Waals surface area (Å²) in [5.74, 6) is 0.912. The van der Waals surface area contributed by atoms with Crippen LogP contribution in [0.3, 0.4) is 0 Å². The molecule has 0 aliphatic carbocycles. The normalized spacial score (nSPS) is 12.5. The third kappa shape index (κ3) is 3.58. The topological polar surface area (TPSA) is 24.9 Å². The van der Waals surface area contributed by atoms with E-state index in [2.05, 4.69) is 10.3 Å². The number of anilines is 1. The monoisotopic (exact) mass is 184 g/mol. The summed E-state index contributed by atoms with van der Waals surface area (Å²) < 4.78 is 0. The first kappa shape index (κ1) is 9.33. The van der Waals surface area contributed by atoms with Crippen molar-refractivity contribution in [1.29, 1.82) is 0 Å². The second-order valence-corrected chi connectivity index (χ2v) is 3.46. The molecule has 0 bridgehead atoms. The Morgan fingerprint density at radius 3 is 3.00 bits per heavy atom. The Labute approximate surface area is 78.0 Å². The van der Waals surface area contributed by atoms with E-state index in [1.165, 1.54) is 0 Å². The van der Waals surface area contributed by atoms with Crippen molar-refractivity contribution in [2.45, 2.75) is 18.7 Å². The lowest BCUT2D eigenvalue weighted by atomic mass is 10.3. The summed E-state index contributed by atoms with van der Waals surface area (Å²) in [6, 6.07) is 5.80. The lowest BCUT2D eigenvalue weighted by Gasteiger charge is -2.05. The van der Waals surface area contributed by atoms with Gasteiger partial charge in [0, 0.05) is 18.1 Å². The molecule has 1 heterocycles. The van der Waals surface area contributed by atoms with Crippen molar-refractivity contribution in [2.75, 3.05) is 11.9 Å². The van der Waals surface area contributed by atoms with Gasteiger partial charge in [-0.3, -0.25) is 0 Å². The van der Waals surface area contributed by atoms with Crippen LogP contribution in [0.1, 0.15) is 13.3 Å². The van der Waals surface area contributed by atoms with Gasteiger partial charge in [-0.25, -0.2) is 4.98 Å². The molecule has 0 spiro atoms. The van der Waals surface area contributed by atoms with E-state index < -0.39 is 0 Å². The number of hydrogen-bond acceptors (Lipinski definition) is 2. The highest BCUT2D eigenvalue weighted by Gasteiger charge is 1.95. The third-order valence-corrected chi connectivity index (χ3v) is 1.73. The Kier molecular flexibility index (Phi) is 3.88. The lowest BCUT2D eigenvalue weighted by molar-refractivity contribution is 0.839. The summed E-state index contributed by atoms with van der Waals surface area (Å²) in [5, 5.41) is 3.40. The zero-order chi connectivity index (χ0) is 8.81. The Bertz CT molecular complexity index is 211. The quantitative estimate of drug-likeness (QED) is 0.728. The smallest absolute Gasteiger partial charge is 0.125 e. The van der Waals surface area contributed by atoms with Crippen molar-refractivity contribution in [2.24, 2.45) is 0 Å². The van der Waals surface area contributed by atoms with E-state index in [-0.39, 0.29) is 5.38 Å². The molecule has 1 rings (SSSR count). The molecule has 0 saturated heterocycles. The summed E-state index contributed by atoms with van der Waals surface area (Å²) in [4.78, 5) is 4.12. The fourth-order valence-corrected chi connectivity index (χ4v) is 0.976. The SMILES string of the molecule is CC(Cl)CCNc1ccccn1. The zero-order valence-corrected chi connectivity index (χ0v) is 7.88. The van der Waals surface area contributed by atoms with Gasteiger partial charge in [0.1, 0.15) is 5.82 Å². The van der Waals surface area contributed by atoms with Gasteiger partial charge in [-0.05, 0) is 25.5 Å². The average molecular weight is 185 g/mol. The van der Waals surface area contributed by atoms with Gasteiger partial charge in [0.25, 0.3) is 0 Å². The number of nitrogens with one attached hydrogen (secondary N) is 1. The number of rotatable bonds is 4. The van der Waals surface area contributed by atoms with Crippen molar-refractivity contribution in [3.05, 3.63) is 24.4 Å². The van der Waals surface area contributed by atoms with Gasteiger partial charge in [-0.2, -0.15) is 0 Å². The molecule has 12 heavy (non-hydrogen) atoms. The molecule has 1 atom stereocenters. The van der Waals surface area contributed by atoms with E-state index in [0.29, 0.717) is 0 Å². The van der Waals surface area contributed by atoms with Gasteiger partial charge < -0.3 is 5.32 Å². The molecular formula is C9H13ClN2. The molecule has 3 heteroatoms. The molecule has 0 fully saturated rings. The number of nitrogens with zero attached hydrogens (tertiary/aromatic N) is 1. The Balaban J connectivity index is 2.25. The second-order valence-electron chi connectivity index (χ2n) is 2.71. The number of alkyl halides is 1. The molecule has 0 aliphatic heterocycles. The number of pyridine rings is 1. The molecule has 0 saturated carbocycles. The molecule has 1 N–H and O–H groups in total. The number of halogens is 1. The maximum absolute atomic E-state index is 5.78. The van der Waals surface area contributed by atoms with Crippen molar-refractivity contribution in [3.63, 3.8) is 0 Å². The molecule has 0 amide bonds. The van der Waals surface area contributed by atoms with E-state index >= 15 is 0 Å². The van der Waals surface area contributed by atoms with Crippen molar-refractivity contribution in [1.82, 2.24) is 4.98 Å². The molecule has 0 aliphatic rings. The molecule has 2 nitrogen and oxygen atoms in total. The fraction of sp³-hybridized carbons (Fsp3) is 0.444. The first-order chi connectivity index (χ1) is 5.79. The molecule has 1 aromatic rings. The van der Waals surface area contributed by atoms with Crippen LogP contribution in [0.15, 0.2) is 24.4 Å². The van der Waals surface area contributed by atoms with Crippen LogP contribution in [0.2, 0.25) is 0 Å². The minimum atomic E-state index is 0.223. The van der Waals surface area contributed by atoms with Crippen molar-refractivity contribution in [3.8, 4) is 0 Å². The van der Waals surface area contributed by atoms with Gasteiger partial charge in [-0.15, -0.1) is 11.6 Å². The van der Waals surface area contributed by atoms with Crippen LogP contribution in [0, 0.1) is 0 Å². The van der Waals surface area contributed by atoms with Crippen LogP contribution >= 0.6 is 11.6 Å². The summed E-state index contributed by atoms with van der Waals surface area (Å²) in [5.41, 5.74) is 0. The van der Waals surface area contributed by atoms with Gasteiger partial charge in [0.2, 0.25) is 0 Å². The highest BCUT2D eigenvalue weighted by molar-refractivity contribution is 6.20. The predicted octanol–water partition coefficient (Wildman–Crippen LogP) is 2.51. The summed E-state index contributed by atoms with van der Waals surface area (Å²) in [6.07, 6.45) is 2.73. The molecule has 0 radical (unpaired) electrons.